The maximum atomic E-state index is 12.0. The Morgan fingerprint density at radius 1 is 1.16 bits per heavy atom. The predicted molar refractivity (Wildman–Crippen MR) is 71.6 cm³/mol. The van der Waals surface area contributed by atoms with Gasteiger partial charge in [-0.2, -0.15) is 0 Å². The summed E-state index contributed by atoms with van der Waals surface area (Å²) < 4.78 is 15.4. The van der Waals surface area contributed by atoms with Crippen molar-refractivity contribution in [2.24, 2.45) is 0 Å². The second-order valence-electron chi connectivity index (χ2n) is 3.81. The van der Waals surface area contributed by atoms with Crippen molar-refractivity contribution in [2.75, 3.05) is 14.2 Å². The van der Waals surface area contributed by atoms with Crippen LogP contribution in [0.3, 0.4) is 0 Å². The van der Waals surface area contributed by atoms with Gasteiger partial charge in [0.25, 0.3) is 0 Å². The molecule has 1 aromatic carbocycles. The Morgan fingerprint density at radius 2 is 1.84 bits per heavy atom. The number of carbonyl (C=O) groups is 1. The van der Waals surface area contributed by atoms with Crippen molar-refractivity contribution in [3.05, 3.63) is 54.0 Å². The van der Waals surface area contributed by atoms with Gasteiger partial charge in [-0.15, -0.1) is 0 Å². The van der Waals surface area contributed by atoms with E-state index in [0.29, 0.717) is 22.8 Å². The van der Waals surface area contributed by atoms with Gasteiger partial charge in [0.15, 0.2) is 5.78 Å². The van der Waals surface area contributed by atoms with Gasteiger partial charge in [-0.25, -0.2) is 0 Å². The van der Waals surface area contributed by atoms with Gasteiger partial charge >= 0.3 is 0 Å². The van der Waals surface area contributed by atoms with Crippen LogP contribution in [0.5, 0.6) is 11.5 Å². The quantitative estimate of drug-likeness (QED) is 0.610. The van der Waals surface area contributed by atoms with E-state index in [-0.39, 0.29) is 5.78 Å². The SMILES string of the molecule is COc1cc(OC)cc(C(=O)C=Cc2ccco2)c1. The molecule has 2 aromatic rings. The summed E-state index contributed by atoms with van der Waals surface area (Å²) in [7, 11) is 3.09. The highest BCUT2D eigenvalue weighted by Gasteiger charge is 2.07. The zero-order valence-corrected chi connectivity index (χ0v) is 10.8. The molecule has 0 radical (unpaired) electrons. The molecule has 0 amide bonds. The summed E-state index contributed by atoms with van der Waals surface area (Å²) in [4.78, 5) is 12.0. The van der Waals surface area contributed by atoms with Crippen molar-refractivity contribution in [1.82, 2.24) is 0 Å². The van der Waals surface area contributed by atoms with Crippen molar-refractivity contribution in [3.63, 3.8) is 0 Å². The second-order valence-corrected chi connectivity index (χ2v) is 3.81. The van der Waals surface area contributed by atoms with Crippen molar-refractivity contribution >= 4 is 11.9 Å². The molecule has 0 aliphatic carbocycles. The molecule has 4 heteroatoms. The normalized spacial score (nSPS) is 10.6. The van der Waals surface area contributed by atoms with Crippen LogP contribution < -0.4 is 9.47 Å². The van der Waals surface area contributed by atoms with Gasteiger partial charge in [0, 0.05) is 11.6 Å². The average molecular weight is 258 g/mol. The van der Waals surface area contributed by atoms with Crippen LogP contribution in [0.15, 0.2) is 47.1 Å². The number of furan rings is 1. The Balaban J connectivity index is 2.23. The largest absolute Gasteiger partial charge is 0.497 e. The number of benzene rings is 1. The van der Waals surface area contributed by atoms with Crippen LogP contribution in [0.4, 0.5) is 0 Å². The van der Waals surface area contributed by atoms with E-state index >= 15 is 0 Å². The first-order valence-corrected chi connectivity index (χ1v) is 5.72. The first kappa shape index (κ1) is 13.0. The van der Waals surface area contributed by atoms with Gasteiger partial charge in [-0.3, -0.25) is 4.79 Å². The van der Waals surface area contributed by atoms with Crippen molar-refractivity contribution in [2.45, 2.75) is 0 Å². The smallest absolute Gasteiger partial charge is 0.186 e. The van der Waals surface area contributed by atoms with Crippen LogP contribution in [-0.4, -0.2) is 20.0 Å². The molecule has 0 aliphatic rings. The molecule has 98 valence electrons. The van der Waals surface area contributed by atoms with Gasteiger partial charge in [0.1, 0.15) is 17.3 Å². The fourth-order valence-electron chi connectivity index (χ4n) is 1.59. The minimum Gasteiger partial charge on any atom is -0.497 e. The number of rotatable bonds is 5. The Hall–Kier alpha value is -2.49. The van der Waals surface area contributed by atoms with Gasteiger partial charge in [0.2, 0.25) is 0 Å². The number of ether oxygens (including phenoxy) is 2. The maximum Gasteiger partial charge on any atom is 0.186 e. The highest BCUT2D eigenvalue weighted by molar-refractivity contribution is 6.07. The molecule has 0 bridgehead atoms. The lowest BCUT2D eigenvalue weighted by atomic mass is 10.1. The van der Waals surface area contributed by atoms with E-state index in [1.807, 2.05) is 0 Å². The summed E-state index contributed by atoms with van der Waals surface area (Å²) >= 11 is 0. The molecule has 1 aromatic heterocycles. The first-order valence-electron chi connectivity index (χ1n) is 5.72. The number of methoxy groups -OCH3 is 2. The van der Waals surface area contributed by atoms with E-state index in [4.69, 9.17) is 13.9 Å². The standard InChI is InChI=1S/C15H14O4/c1-17-13-8-11(9-14(10-13)18-2)15(16)6-5-12-4-3-7-19-12/h3-10H,1-2H3. The van der Waals surface area contributed by atoms with E-state index in [0.717, 1.165) is 0 Å². The Labute approximate surface area is 111 Å². The molecule has 0 saturated heterocycles. The Morgan fingerprint density at radius 3 is 2.37 bits per heavy atom. The molecule has 0 fully saturated rings. The van der Waals surface area contributed by atoms with Gasteiger partial charge in [-0.05, 0) is 36.4 Å². The molecule has 1 heterocycles. The molecule has 0 N–H and O–H groups in total. The third kappa shape index (κ3) is 3.25. The van der Waals surface area contributed by atoms with Crippen LogP contribution in [0.1, 0.15) is 16.1 Å². The molecule has 0 aliphatic heterocycles. The number of ketones is 1. The van der Waals surface area contributed by atoms with Crippen molar-refractivity contribution in [3.8, 4) is 11.5 Å². The number of hydrogen-bond acceptors (Lipinski definition) is 4. The van der Waals surface area contributed by atoms with Gasteiger partial charge in [-0.1, -0.05) is 0 Å². The molecule has 2 rings (SSSR count). The summed E-state index contributed by atoms with van der Waals surface area (Å²) in [5.41, 5.74) is 0.499. The fraction of sp³-hybridized carbons (Fsp3) is 0.133. The lowest BCUT2D eigenvalue weighted by molar-refractivity contribution is 0.104. The Bertz CT molecular complexity index is 560. The summed E-state index contributed by atoms with van der Waals surface area (Å²) in [6.07, 6.45) is 4.63. The van der Waals surface area contributed by atoms with Gasteiger partial charge in [0.05, 0.1) is 20.5 Å². The Kier molecular flexibility index (Phi) is 4.03. The highest BCUT2D eigenvalue weighted by atomic mass is 16.5. The van der Waals surface area contributed by atoms with Crippen LogP contribution in [0, 0.1) is 0 Å². The lowest BCUT2D eigenvalue weighted by Gasteiger charge is -2.06. The van der Waals surface area contributed by atoms with E-state index in [9.17, 15) is 4.79 Å². The summed E-state index contributed by atoms with van der Waals surface area (Å²) in [6.45, 7) is 0. The number of allylic oxidation sites excluding steroid dienone is 1. The molecule has 0 atom stereocenters. The molecule has 0 spiro atoms. The predicted octanol–water partition coefficient (Wildman–Crippen LogP) is 3.19. The number of hydrogen-bond donors (Lipinski definition) is 0. The molecule has 0 saturated carbocycles. The van der Waals surface area contributed by atoms with Crippen LogP contribution >= 0.6 is 0 Å². The zero-order valence-electron chi connectivity index (χ0n) is 10.8. The van der Waals surface area contributed by atoms with Crippen LogP contribution in [0.2, 0.25) is 0 Å². The first-order chi connectivity index (χ1) is 9.22. The molecule has 19 heavy (non-hydrogen) atoms. The second kappa shape index (κ2) is 5.91. The van der Waals surface area contributed by atoms with E-state index < -0.39 is 0 Å². The fourth-order valence-corrected chi connectivity index (χ4v) is 1.59. The monoisotopic (exact) mass is 258 g/mol. The van der Waals surface area contributed by atoms with E-state index in [1.54, 1.807) is 56.9 Å². The van der Waals surface area contributed by atoms with Crippen LogP contribution in [-0.2, 0) is 0 Å². The van der Waals surface area contributed by atoms with Crippen molar-refractivity contribution in [1.29, 1.82) is 0 Å². The molecule has 4 nitrogen and oxygen atoms in total. The van der Waals surface area contributed by atoms with Crippen LogP contribution in [0.25, 0.3) is 6.08 Å². The number of carbonyl (C=O) groups excluding carboxylic acids is 1. The minimum absolute atomic E-state index is 0.145. The molecular weight excluding hydrogens is 244 g/mol. The van der Waals surface area contributed by atoms with E-state index in [1.165, 1.54) is 6.08 Å². The topological polar surface area (TPSA) is 48.7 Å². The summed E-state index contributed by atoms with van der Waals surface area (Å²) in [6, 6.07) is 8.58. The van der Waals surface area contributed by atoms with E-state index in [2.05, 4.69) is 0 Å². The zero-order chi connectivity index (χ0) is 13.7. The molecular formula is C15H14O4. The minimum atomic E-state index is -0.145. The third-order valence-corrected chi connectivity index (χ3v) is 2.58. The molecule has 0 unspecified atom stereocenters. The van der Waals surface area contributed by atoms with Gasteiger partial charge < -0.3 is 13.9 Å². The maximum absolute atomic E-state index is 12.0. The lowest BCUT2D eigenvalue weighted by Crippen LogP contribution is -1.97. The summed E-state index contributed by atoms with van der Waals surface area (Å²) in [5, 5.41) is 0. The average Bonchev–Trinajstić information content (AvgIpc) is 2.97. The summed E-state index contributed by atoms with van der Waals surface area (Å²) in [5.74, 6) is 1.64. The third-order valence-electron chi connectivity index (χ3n) is 2.58. The van der Waals surface area contributed by atoms with Crippen molar-refractivity contribution < 1.29 is 18.7 Å². The highest BCUT2D eigenvalue weighted by Crippen LogP contribution is 2.23.